The fraction of sp³-hybridized carbons (Fsp3) is 0.469. The molecule has 0 saturated heterocycles. The molecule has 5 nitrogen and oxygen atoms in total. The van der Waals surface area contributed by atoms with Crippen LogP contribution in [0.15, 0.2) is 60.9 Å². The first-order chi connectivity index (χ1) is 18.1. The summed E-state index contributed by atoms with van der Waals surface area (Å²) in [6.07, 6.45) is 15.3. The van der Waals surface area contributed by atoms with E-state index in [1.165, 1.54) is 44.9 Å². The molecule has 5 heteroatoms. The first-order valence-electron chi connectivity index (χ1n) is 14.0. The molecular formula is C32H42N2O3. The molecule has 3 rings (SSSR count). The van der Waals surface area contributed by atoms with Crippen LogP contribution < -0.4 is 9.47 Å². The number of esters is 1. The normalized spacial score (nSPS) is 11.8. The van der Waals surface area contributed by atoms with E-state index in [-0.39, 0.29) is 11.9 Å². The number of aromatic nitrogens is 2. The van der Waals surface area contributed by atoms with E-state index in [2.05, 4.69) is 23.8 Å². The Bertz CT molecular complexity index is 1050. The summed E-state index contributed by atoms with van der Waals surface area (Å²) >= 11 is 0. The zero-order chi connectivity index (χ0) is 26.3. The van der Waals surface area contributed by atoms with Crippen LogP contribution in [-0.2, 0) is 4.79 Å². The number of benzene rings is 2. The molecular weight excluding hydrogens is 460 g/mol. The highest BCUT2D eigenvalue weighted by atomic mass is 16.5. The van der Waals surface area contributed by atoms with Gasteiger partial charge in [0.15, 0.2) is 5.82 Å². The molecule has 0 aliphatic carbocycles. The van der Waals surface area contributed by atoms with Crippen LogP contribution in [-0.4, -0.2) is 22.5 Å². The van der Waals surface area contributed by atoms with E-state index >= 15 is 0 Å². The molecule has 0 radical (unpaired) electrons. The van der Waals surface area contributed by atoms with Gasteiger partial charge >= 0.3 is 5.97 Å². The predicted octanol–water partition coefficient (Wildman–Crippen LogP) is 8.67. The number of nitrogens with zero attached hydrogens (tertiary/aromatic N) is 2. The molecule has 1 heterocycles. The summed E-state index contributed by atoms with van der Waals surface area (Å²) in [5.74, 6) is 1.86. The zero-order valence-electron chi connectivity index (χ0n) is 22.7. The first kappa shape index (κ1) is 28.4. The summed E-state index contributed by atoms with van der Waals surface area (Å²) in [5, 5.41) is 0. The van der Waals surface area contributed by atoms with E-state index in [0.717, 1.165) is 48.3 Å². The van der Waals surface area contributed by atoms with Crippen molar-refractivity contribution in [3.8, 4) is 34.0 Å². The van der Waals surface area contributed by atoms with Crippen molar-refractivity contribution >= 4 is 5.97 Å². The van der Waals surface area contributed by atoms with Crippen molar-refractivity contribution < 1.29 is 14.3 Å². The lowest BCUT2D eigenvalue weighted by Gasteiger charge is -2.11. The minimum atomic E-state index is -0.166. The fourth-order valence-corrected chi connectivity index (χ4v) is 4.15. The van der Waals surface area contributed by atoms with Crippen molar-refractivity contribution in [1.29, 1.82) is 0 Å². The Hall–Kier alpha value is -3.21. The SMILES string of the molecule is CCCCCCCOc1ccc(-c2ncc(-c3ccc(OC(=O)C(C)CCCCCC)cc3)cn2)cc1. The van der Waals surface area contributed by atoms with Crippen LogP contribution in [0.4, 0.5) is 0 Å². The summed E-state index contributed by atoms with van der Waals surface area (Å²) in [4.78, 5) is 21.5. The molecule has 1 atom stereocenters. The number of rotatable bonds is 16. The first-order valence-corrected chi connectivity index (χ1v) is 14.0. The Morgan fingerprint density at radius 1 is 0.703 bits per heavy atom. The summed E-state index contributed by atoms with van der Waals surface area (Å²) < 4.78 is 11.4. The maximum absolute atomic E-state index is 12.4. The smallest absolute Gasteiger partial charge is 0.314 e. The molecule has 0 saturated carbocycles. The minimum Gasteiger partial charge on any atom is -0.494 e. The van der Waals surface area contributed by atoms with Crippen LogP contribution in [0.5, 0.6) is 11.5 Å². The lowest BCUT2D eigenvalue weighted by molar-refractivity contribution is -0.138. The van der Waals surface area contributed by atoms with Gasteiger partial charge in [-0.05, 0) is 54.8 Å². The third kappa shape index (κ3) is 9.64. The van der Waals surface area contributed by atoms with E-state index in [9.17, 15) is 4.79 Å². The highest BCUT2D eigenvalue weighted by Gasteiger charge is 2.15. The number of unbranched alkanes of at least 4 members (excludes halogenated alkanes) is 7. The van der Waals surface area contributed by atoms with E-state index in [4.69, 9.17) is 9.47 Å². The monoisotopic (exact) mass is 502 g/mol. The topological polar surface area (TPSA) is 61.3 Å². The molecule has 0 amide bonds. The van der Waals surface area contributed by atoms with Crippen molar-refractivity contribution in [2.75, 3.05) is 6.61 Å². The fourth-order valence-electron chi connectivity index (χ4n) is 4.15. The molecule has 37 heavy (non-hydrogen) atoms. The van der Waals surface area contributed by atoms with Crippen LogP contribution in [0.1, 0.15) is 85.0 Å². The maximum Gasteiger partial charge on any atom is 0.314 e. The second-order valence-corrected chi connectivity index (χ2v) is 9.78. The van der Waals surface area contributed by atoms with Crippen molar-refractivity contribution in [3.63, 3.8) is 0 Å². The van der Waals surface area contributed by atoms with Crippen LogP contribution in [0.25, 0.3) is 22.5 Å². The van der Waals surface area contributed by atoms with Crippen LogP contribution in [0.3, 0.4) is 0 Å². The molecule has 1 aromatic heterocycles. The van der Waals surface area contributed by atoms with Gasteiger partial charge in [-0.3, -0.25) is 4.79 Å². The average Bonchev–Trinajstić information content (AvgIpc) is 2.94. The van der Waals surface area contributed by atoms with Crippen molar-refractivity contribution in [2.24, 2.45) is 5.92 Å². The molecule has 198 valence electrons. The Morgan fingerprint density at radius 3 is 1.92 bits per heavy atom. The number of hydrogen-bond acceptors (Lipinski definition) is 5. The number of hydrogen-bond donors (Lipinski definition) is 0. The Balaban J connectivity index is 1.49. The Morgan fingerprint density at radius 2 is 1.27 bits per heavy atom. The second-order valence-electron chi connectivity index (χ2n) is 9.78. The van der Waals surface area contributed by atoms with E-state index < -0.39 is 0 Å². The van der Waals surface area contributed by atoms with E-state index in [0.29, 0.717) is 11.6 Å². The largest absolute Gasteiger partial charge is 0.494 e. The molecule has 0 N–H and O–H groups in total. The van der Waals surface area contributed by atoms with Gasteiger partial charge in [0.1, 0.15) is 11.5 Å². The third-order valence-corrected chi connectivity index (χ3v) is 6.58. The summed E-state index contributed by atoms with van der Waals surface area (Å²) in [6, 6.07) is 15.5. The van der Waals surface area contributed by atoms with Crippen LogP contribution in [0, 0.1) is 5.92 Å². The molecule has 0 aliphatic heterocycles. The molecule has 0 spiro atoms. The van der Waals surface area contributed by atoms with Gasteiger partial charge in [0.2, 0.25) is 0 Å². The molecule has 0 bridgehead atoms. The highest BCUT2D eigenvalue weighted by molar-refractivity contribution is 5.75. The van der Waals surface area contributed by atoms with E-state index in [1.54, 1.807) is 0 Å². The summed E-state index contributed by atoms with van der Waals surface area (Å²) in [7, 11) is 0. The molecule has 2 aromatic carbocycles. The minimum absolute atomic E-state index is 0.0892. The van der Waals surface area contributed by atoms with Gasteiger partial charge in [-0.1, -0.05) is 84.3 Å². The predicted molar refractivity (Wildman–Crippen MR) is 151 cm³/mol. The van der Waals surface area contributed by atoms with Gasteiger partial charge in [0.25, 0.3) is 0 Å². The van der Waals surface area contributed by atoms with E-state index in [1.807, 2.05) is 67.8 Å². The molecule has 0 fully saturated rings. The Labute approximate surface area is 222 Å². The Kier molecular flexibility index (Phi) is 12.1. The van der Waals surface area contributed by atoms with Gasteiger partial charge in [-0.25, -0.2) is 9.97 Å². The zero-order valence-corrected chi connectivity index (χ0v) is 22.7. The third-order valence-electron chi connectivity index (χ3n) is 6.58. The number of carbonyl (C=O) groups is 1. The number of ether oxygens (including phenoxy) is 2. The highest BCUT2D eigenvalue weighted by Crippen LogP contribution is 2.25. The van der Waals surface area contributed by atoms with Crippen molar-refractivity contribution in [2.45, 2.75) is 85.0 Å². The average molecular weight is 503 g/mol. The lowest BCUT2D eigenvalue weighted by atomic mass is 10.0. The van der Waals surface area contributed by atoms with Gasteiger partial charge in [0.05, 0.1) is 12.5 Å². The molecule has 1 unspecified atom stereocenters. The second kappa shape index (κ2) is 15.8. The van der Waals surface area contributed by atoms with Gasteiger partial charge < -0.3 is 9.47 Å². The summed E-state index contributed by atoms with van der Waals surface area (Å²) in [6.45, 7) is 7.11. The lowest BCUT2D eigenvalue weighted by Crippen LogP contribution is -2.17. The number of carbonyl (C=O) groups excluding carboxylic acids is 1. The van der Waals surface area contributed by atoms with Crippen LogP contribution >= 0.6 is 0 Å². The molecule has 0 aliphatic rings. The van der Waals surface area contributed by atoms with Gasteiger partial charge in [0, 0.05) is 23.5 Å². The van der Waals surface area contributed by atoms with Crippen LogP contribution in [0.2, 0.25) is 0 Å². The molecule has 3 aromatic rings. The summed E-state index contributed by atoms with van der Waals surface area (Å²) in [5.41, 5.74) is 2.84. The van der Waals surface area contributed by atoms with Crippen molar-refractivity contribution in [1.82, 2.24) is 9.97 Å². The quantitative estimate of drug-likeness (QED) is 0.111. The van der Waals surface area contributed by atoms with Crippen molar-refractivity contribution in [3.05, 3.63) is 60.9 Å². The van der Waals surface area contributed by atoms with Gasteiger partial charge in [-0.15, -0.1) is 0 Å². The standard InChI is InChI=1S/C32H42N2O3/c1-4-6-8-10-12-22-36-29-18-16-27(17-19-29)31-33-23-28(24-34-31)26-14-20-30(21-15-26)37-32(35)25(3)13-11-9-7-5-2/h14-21,23-25H,4-13,22H2,1-3H3. The maximum atomic E-state index is 12.4. The van der Waals surface area contributed by atoms with Gasteiger partial charge in [-0.2, -0.15) is 0 Å².